The minimum absolute atomic E-state index is 0.0247. The maximum atomic E-state index is 12.4. The lowest BCUT2D eigenvalue weighted by Crippen LogP contribution is -1.90. The summed E-state index contributed by atoms with van der Waals surface area (Å²) in [5, 5.41) is 11.5. The molecule has 0 bridgehead atoms. The smallest absolute Gasteiger partial charge is 0.270 e. The van der Waals surface area contributed by atoms with Crippen LogP contribution >= 0.6 is 11.6 Å². The van der Waals surface area contributed by atoms with E-state index >= 15 is 0 Å². The largest absolute Gasteiger partial charge is 0.457 e. The van der Waals surface area contributed by atoms with Crippen LogP contribution < -0.4 is 0 Å². The van der Waals surface area contributed by atoms with Crippen molar-refractivity contribution in [2.75, 3.05) is 0 Å². The molecule has 148 valence electrons. The van der Waals surface area contributed by atoms with Crippen LogP contribution in [0.15, 0.2) is 87.7 Å². The molecule has 0 radical (unpaired) electrons. The summed E-state index contributed by atoms with van der Waals surface area (Å²) in [6.07, 6.45) is 2.85. The molecule has 0 spiro atoms. The molecule has 2 aromatic heterocycles. The van der Waals surface area contributed by atoms with Gasteiger partial charge in [-0.15, -0.1) is 0 Å². The number of ketones is 1. The highest BCUT2D eigenvalue weighted by molar-refractivity contribution is 6.33. The molecule has 0 saturated carbocycles. The van der Waals surface area contributed by atoms with E-state index in [-0.39, 0.29) is 17.2 Å². The highest BCUT2D eigenvalue weighted by Crippen LogP contribution is 2.29. The van der Waals surface area contributed by atoms with E-state index in [0.717, 1.165) is 0 Å². The van der Waals surface area contributed by atoms with Crippen molar-refractivity contribution in [3.05, 3.63) is 106 Å². The van der Waals surface area contributed by atoms with E-state index in [1.807, 2.05) is 18.2 Å². The van der Waals surface area contributed by atoms with Gasteiger partial charge in [-0.1, -0.05) is 35.9 Å². The molecule has 7 heteroatoms. The first-order chi connectivity index (χ1) is 14.5. The lowest BCUT2D eigenvalue weighted by molar-refractivity contribution is -0.384. The minimum Gasteiger partial charge on any atom is -0.457 e. The number of hydrogen-bond donors (Lipinski definition) is 0. The fraction of sp³-hybridized carbons (Fsp3) is 0. The fourth-order valence-electron chi connectivity index (χ4n) is 2.89. The summed E-state index contributed by atoms with van der Waals surface area (Å²) >= 11 is 6.16. The van der Waals surface area contributed by atoms with Crippen LogP contribution in [0.4, 0.5) is 5.69 Å². The summed E-state index contributed by atoms with van der Waals surface area (Å²) in [5.41, 5.74) is 1.25. The molecule has 0 atom stereocenters. The van der Waals surface area contributed by atoms with Gasteiger partial charge in [-0.05, 0) is 48.6 Å². The summed E-state index contributed by atoms with van der Waals surface area (Å²) < 4.78 is 11.3. The predicted octanol–water partition coefficient (Wildman–Crippen LogP) is 6.66. The SMILES string of the molecule is O=C(C=Cc1ccc(-c2cccc([N+](=O)[O-])c2)o1)c1ccc(-c2ccccc2Cl)o1. The molecule has 6 nitrogen and oxygen atoms in total. The summed E-state index contributed by atoms with van der Waals surface area (Å²) in [7, 11) is 0. The second kappa shape index (κ2) is 8.23. The van der Waals surface area contributed by atoms with E-state index in [0.29, 0.717) is 33.4 Å². The maximum Gasteiger partial charge on any atom is 0.270 e. The van der Waals surface area contributed by atoms with Gasteiger partial charge >= 0.3 is 0 Å². The maximum absolute atomic E-state index is 12.4. The van der Waals surface area contributed by atoms with Gasteiger partial charge in [-0.3, -0.25) is 14.9 Å². The number of allylic oxidation sites excluding steroid dienone is 1. The van der Waals surface area contributed by atoms with Crippen LogP contribution in [0.3, 0.4) is 0 Å². The average Bonchev–Trinajstić information content (AvgIpc) is 3.42. The van der Waals surface area contributed by atoms with Crippen LogP contribution in [0.1, 0.15) is 16.3 Å². The number of furan rings is 2. The number of nitro groups is 1. The topological polar surface area (TPSA) is 86.5 Å². The molecule has 0 aliphatic carbocycles. The number of carbonyl (C=O) groups excluding carboxylic acids is 1. The Morgan fingerprint density at radius 1 is 0.933 bits per heavy atom. The van der Waals surface area contributed by atoms with Crippen molar-refractivity contribution in [2.24, 2.45) is 0 Å². The Balaban J connectivity index is 1.50. The number of rotatable bonds is 6. The molecule has 4 rings (SSSR count). The van der Waals surface area contributed by atoms with Crippen LogP contribution in [-0.2, 0) is 0 Å². The standard InChI is InChI=1S/C23H14ClNO5/c24-19-7-2-1-6-18(19)22-12-13-23(30-22)20(26)10-8-17-9-11-21(29-17)15-4-3-5-16(14-15)25(27)28/h1-14H. The van der Waals surface area contributed by atoms with Crippen LogP contribution in [0, 0.1) is 10.1 Å². The van der Waals surface area contributed by atoms with E-state index in [9.17, 15) is 14.9 Å². The van der Waals surface area contributed by atoms with Crippen LogP contribution in [-0.4, -0.2) is 10.7 Å². The van der Waals surface area contributed by atoms with Gasteiger partial charge in [0.25, 0.3) is 5.69 Å². The van der Waals surface area contributed by atoms with Gasteiger partial charge in [-0.25, -0.2) is 0 Å². The molecule has 0 amide bonds. The monoisotopic (exact) mass is 419 g/mol. The fourth-order valence-corrected chi connectivity index (χ4v) is 3.12. The molecular formula is C23H14ClNO5. The summed E-state index contributed by atoms with van der Waals surface area (Å²) in [5.74, 6) is 1.24. The van der Waals surface area contributed by atoms with E-state index in [4.69, 9.17) is 20.4 Å². The second-order valence-corrected chi connectivity index (χ2v) is 6.76. The average molecular weight is 420 g/mol. The summed E-state index contributed by atoms with van der Waals surface area (Å²) in [6.45, 7) is 0. The minimum atomic E-state index is -0.466. The van der Waals surface area contributed by atoms with Gasteiger partial charge in [0.15, 0.2) is 5.76 Å². The molecular weight excluding hydrogens is 406 g/mol. The van der Waals surface area contributed by atoms with Gasteiger partial charge in [0, 0.05) is 23.3 Å². The van der Waals surface area contributed by atoms with Crippen molar-refractivity contribution in [2.45, 2.75) is 0 Å². The Morgan fingerprint density at radius 2 is 1.73 bits per heavy atom. The molecule has 0 N–H and O–H groups in total. The van der Waals surface area contributed by atoms with E-state index in [1.54, 1.807) is 42.5 Å². The first-order valence-electron chi connectivity index (χ1n) is 8.93. The van der Waals surface area contributed by atoms with E-state index < -0.39 is 4.92 Å². The Hall–Kier alpha value is -3.90. The zero-order valence-corrected chi connectivity index (χ0v) is 16.2. The van der Waals surface area contributed by atoms with Crippen molar-refractivity contribution in [3.63, 3.8) is 0 Å². The second-order valence-electron chi connectivity index (χ2n) is 6.35. The molecule has 0 fully saturated rings. The molecule has 0 aliphatic rings. The highest BCUT2D eigenvalue weighted by atomic mass is 35.5. The van der Waals surface area contributed by atoms with Crippen molar-refractivity contribution in [1.29, 1.82) is 0 Å². The normalized spacial score (nSPS) is 11.1. The highest BCUT2D eigenvalue weighted by Gasteiger charge is 2.13. The first-order valence-corrected chi connectivity index (χ1v) is 9.31. The lowest BCUT2D eigenvalue weighted by atomic mass is 10.1. The first kappa shape index (κ1) is 19.4. The predicted molar refractivity (Wildman–Crippen MR) is 113 cm³/mol. The number of halogens is 1. The number of non-ortho nitro benzene ring substituents is 1. The zero-order chi connectivity index (χ0) is 21.1. The summed E-state index contributed by atoms with van der Waals surface area (Å²) in [4.78, 5) is 22.9. The number of benzene rings is 2. The van der Waals surface area contributed by atoms with Crippen molar-refractivity contribution >= 4 is 29.1 Å². The quantitative estimate of drug-likeness (QED) is 0.151. The van der Waals surface area contributed by atoms with Crippen molar-refractivity contribution in [1.82, 2.24) is 0 Å². The number of hydrogen-bond acceptors (Lipinski definition) is 5. The van der Waals surface area contributed by atoms with E-state index in [2.05, 4.69) is 0 Å². The van der Waals surface area contributed by atoms with Crippen molar-refractivity contribution in [3.8, 4) is 22.6 Å². The molecule has 2 aromatic carbocycles. The van der Waals surface area contributed by atoms with E-state index in [1.165, 1.54) is 24.3 Å². The van der Waals surface area contributed by atoms with Gasteiger partial charge in [0.05, 0.1) is 9.95 Å². The molecule has 0 saturated heterocycles. The third-order valence-electron chi connectivity index (χ3n) is 4.36. The van der Waals surface area contributed by atoms with Gasteiger partial charge < -0.3 is 8.83 Å². The van der Waals surface area contributed by atoms with Crippen LogP contribution in [0.25, 0.3) is 28.7 Å². The van der Waals surface area contributed by atoms with Gasteiger partial charge in [0.1, 0.15) is 17.3 Å². The Bertz CT molecular complexity index is 1270. The van der Waals surface area contributed by atoms with Crippen molar-refractivity contribution < 1.29 is 18.6 Å². The molecule has 2 heterocycles. The van der Waals surface area contributed by atoms with Gasteiger partial charge in [-0.2, -0.15) is 0 Å². The lowest BCUT2D eigenvalue weighted by Gasteiger charge is -1.99. The molecule has 4 aromatic rings. The van der Waals surface area contributed by atoms with Crippen LogP contribution in [0.2, 0.25) is 5.02 Å². The number of nitro benzene ring substituents is 1. The third kappa shape index (κ3) is 4.09. The number of carbonyl (C=O) groups is 1. The van der Waals surface area contributed by atoms with Gasteiger partial charge in [0.2, 0.25) is 5.78 Å². The van der Waals surface area contributed by atoms with Crippen LogP contribution in [0.5, 0.6) is 0 Å². The Morgan fingerprint density at radius 3 is 2.53 bits per heavy atom. The Labute approximate surface area is 176 Å². The Kier molecular flexibility index (Phi) is 5.32. The molecule has 30 heavy (non-hydrogen) atoms. The third-order valence-corrected chi connectivity index (χ3v) is 4.68. The summed E-state index contributed by atoms with van der Waals surface area (Å²) in [6, 6.07) is 20.0. The number of nitrogens with zero attached hydrogens (tertiary/aromatic N) is 1. The zero-order valence-electron chi connectivity index (χ0n) is 15.4. The molecule has 0 unspecified atom stereocenters. The molecule has 0 aliphatic heterocycles.